The summed E-state index contributed by atoms with van der Waals surface area (Å²) < 4.78 is 5.53. The molecule has 0 bridgehead atoms. The maximum Gasteiger partial charge on any atom is 0.185 e. The minimum Gasteiger partial charge on any atom is -0.493 e. The molecule has 110 valence electrons. The van der Waals surface area contributed by atoms with Gasteiger partial charge >= 0.3 is 0 Å². The number of rotatable bonds is 6. The van der Waals surface area contributed by atoms with Gasteiger partial charge in [0.15, 0.2) is 5.78 Å². The van der Waals surface area contributed by atoms with Crippen molar-refractivity contribution < 1.29 is 9.53 Å². The Hall–Kier alpha value is -2.29. The molecule has 0 aromatic heterocycles. The standard InChI is InChI=1S/C18H21NO2/c1-4-21-18-12-8-6-10-15(18)17(20)13-19(3)16-11-7-5-9-14(16)2/h5-12H,4,13H2,1-3H3. The number of hydrogen-bond donors (Lipinski definition) is 0. The Bertz CT molecular complexity index is 622. The summed E-state index contributed by atoms with van der Waals surface area (Å²) in [5, 5.41) is 0. The van der Waals surface area contributed by atoms with Gasteiger partial charge in [0.1, 0.15) is 5.75 Å². The summed E-state index contributed by atoms with van der Waals surface area (Å²) in [5.74, 6) is 0.716. The Kier molecular flexibility index (Phi) is 4.99. The van der Waals surface area contributed by atoms with Gasteiger partial charge in [0, 0.05) is 12.7 Å². The van der Waals surface area contributed by atoms with Crippen molar-refractivity contribution >= 4 is 11.5 Å². The summed E-state index contributed by atoms with van der Waals surface area (Å²) in [7, 11) is 1.93. The fourth-order valence-electron chi connectivity index (χ4n) is 2.36. The smallest absolute Gasteiger partial charge is 0.185 e. The van der Waals surface area contributed by atoms with Gasteiger partial charge in [-0.3, -0.25) is 4.79 Å². The van der Waals surface area contributed by atoms with Crippen LogP contribution in [0.25, 0.3) is 0 Å². The van der Waals surface area contributed by atoms with Crippen LogP contribution in [0, 0.1) is 6.92 Å². The van der Waals surface area contributed by atoms with Crippen molar-refractivity contribution in [1.29, 1.82) is 0 Å². The van der Waals surface area contributed by atoms with E-state index in [1.54, 1.807) is 0 Å². The van der Waals surface area contributed by atoms with E-state index in [1.165, 1.54) is 0 Å². The highest BCUT2D eigenvalue weighted by Gasteiger charge is 2.15. The van der Waals surface area contributed by atoms with Gasteiger partial charge in [-0.2, -0.15) is 0 Å². The summed E-state index contributed by atoms with van der Waals surface area (Å²) in [6.07, 6.45) is 0. The van der Waals surface area contributed by atoms with E-state index in [0.717, 1.165) is 11.3 Å². The van der Waals surface area contributed by atoms with E-state index in [4.69, 9.17) is 4.74 Å². The molecule has 2 rings (SSSR count). The summed E-state index contributed by atoms with van der Waals surface area (Å²) >= 11 is 0. The van der Waals surface area contributed by atoms with Crippen LogP contribution in [0.5, 0.6) is 5.75 Å². The van der Waals surface area contributed by atoms with Crippen molar-refractivity contribution in [2.45, 2.75) is 13.8 Å². The zero-order chi connectivity index (χ0) is 15.2. The fourth-order valence-corrected chi connectivity index (χ4v) is 2.36. The molecule has 3 nitrogen and oxygen atoms in total. The van der Waals surface area contributed by atoms with Gasteiger partial charge in [-0.1, -0.05) is 30.3 Å². The lowest BCUT2D eigenvalue weighted by Crippen LogP contribution is -2.26. The number of carbonyl (C=O) groups excluding carboxylic acids is 1. The summed E-state index contributed by atoms with van der Waals surface area (Å²) in [6, 6.07) is 15.5. The molecular formula is C18H21NO2. The van der Waals surface area contributed by atoms with Crippen LogP contribution in [0.2, 0.25) is 0 Å². The van der Waals surface area contributed by atoms with E-state index in [1.807, 2.05) is 74.3 Å². The molecule has 0 heterocycles. The highest BCUT2D eigenvalue weighted by Crippen LogP contribution is 2.21. The first-order valence-corrected chi connectivity index (χ1v) is 7.15. The maximum absolute atomic E-state index is 12.5. The minimum atomic E-state index is 0.0600. The van der Waals surface area contributed by atoms with E-state index >= 15 is 0 Å². The van der Waals surface area contributed by atoms with Crippen molar-refractivity contribution in [2.24, 2.45) is 0 Å². The van der Waals surface area contributed by atoms with Crippen molar-refractivity contribution in [3.63, 3.8) is 0 Å². The average Bonchev–Trinajstić information content (AvgIpc) is 2.48. The molecule has 0 amide bonds. The molecule has 0 saturated carbocycles. The van der Waals surface area contributed by atoms with Gasteiger partial charge in [-0.05, 0) is 37.6 Å². The average molecular weight is 283 g/mol. The number of Topliss-reactive ketones (excluding diaryl/α,β-unsaturated/α-hetero) is 1. The highest BCUT2D eigenvalue weighted by atomic mass is 16.5. The van der Waals surface area contributed by atoms with E-state index in [0.29, 0.717) is 24.5 Å². The summed E-state index contributed by atoms with van der Waals surface area (Å²) in [6.45, 7) is 4.85. The zero-order valence-electron chi connectivity index (χ0n) is 12.8. The number of likely N-dealkylation sites (N-methyl/N-ethyl adjacent to an activating group) is 1. The molecule has 2 aromatic carbocycles. The molecule has 2 aromatic rings. The Labute approximate surface area is 126 Å². The van der Waals surface area contributed by atoms with Gasteiger partial charge in [0.05, 0.1) is 18.7 Å². The fraction of sp³-hybridized carbons (Fsp3) is 0.278. The van der Waals surface area contributed by atoms with Crippen LogP contribution >= 0.6 is 0 Å². The van der Waals surface area contributed by atoms with Crippen LogP contribution in [0.1, 0.15) is 22.8 Å². The Balaban J connectivity index is 2.17. The molecule has 0 aliphatic heterocycles. The predicted octanol–water partition coefficient (Wildman–Crippen LogP) is 3.71. The molecule has 0 radical (unpaired) electrons. The maximum atomic E-state index is 12.5. The van der Waals surface area contributed by atoms with E-state index in [-0.39, 0.29) is 5.78 Å². The first kappa shape index (κ1) is 15.1. The number of benzene rings is 2. The molecule has 0 aliphatic rings. The number of ketones is 1. The topological polar surface area (TPSA) is 29.5 Å². The van der Waals surface area contributed by atoms with Crippen LogP contribution < -0.4 is 9.64 Å². The number of para-hydroxylation sites is 2. The lowest BCUT2D eigenvalue weighted by molar-refractivity contribution is 0.0996. The van der Waals surface area contributed by atoms with Gasteiger partial charge in [-0.25, -0.2) is 0 Å². The largest absolute Gasteiger partial charge is 0.493 e. The molecular weight excluding hydrogens is 262 g/mol. The molecule has 0 aliphatic carbocycles. The van der Waals surface area contributed by atoms with E-state index in [2.05, 4.69) is 0 Å². The third-order valence-electron chi connectivity index (χ3n) is 3.39. The number of hydrogen-bond acceptors (Lipinski definition) is 3. The quantitative estimate of drug-likeness (QED) is 0.757. The zero-order valence-corrected chi connectivity index (χ0v) is 12.8. The van der Waals surface area contributed by atoms with Gasteiger partial charge in [-0.15, -0.1) is 0 Å². The second kappa shape index (κ2) is 6.93. The van der Waals surface area contributed by atoms with Crippen molar-refractivity contribution in [2.75, 3.05) is 25.1 Å². The van der Waals surface area contributed by atoms with E-state index in [9.17, 15) is 4.79 Å². The second-order valence-corrected chi connectivity index (χ2v) is 4.99. The molecule has 0 atom stereocenters. The monoisotopic (exact) mass is 283 g/mol. The Morgan fingerprint density at radius 2 is 1.76 bits per heavy atom. The molecule has 0 fully saturated rings. The number of anilines is 1. The summed E-state index contributed by atoms with van der Waals surface area (Å²) in [4.78, 5) is 14.5. The third kappa shape index (κ3) is 3.63. The van der Waals surface area contributed by atoms with Crippen molar-refractivity contribution in [1.82, 2.24) is 0 Å². The molecule has 21 heavy (non-hydrogen) atoms. The first-order valence-electron chi connectivity index (χ1n) is 7.15. The van der Waals surface area contributed by atoms with Gasteiger partial charge in [0.2, 0.25) is 0 Å². The molecule has 0 spiro atoms. The Morgan fingerprint density at radius 1 is 1.10 bits per heavy atom. The van der Waals surface area contributed by atoms with Crippen LogP contribution in [-0.2, 0) is 0 Å². The number of carbonyl (C=O) groups is 1. The molecule has 0 N–H and O–H groups in total. The number of aryl methyl sites for hydroxylation is 1. The van der Waals surface area contributed by atoms with Gasteiger partial charge in [0.25, 0.3) is 0 Å². The number of nitrogens with zero attached hydrogens (tertiary/aromatic N) is 1. The van der Waals surface area contributed by atoms with Crippen molar-refractivity contribution in [3.8, 4) is 5.75 Å². The number of ether oxygens (including phenoxy) is 1. The van der Waals surface area contributed by atoms with Crippen molar-refractivity contribution in [3.05, 3.63) is 59.7 Å². The van der Waals surface area contributed by atoms with E-state index < -0.39 is 0 Å². The minimum absolute atomic E-state index is 0.0600. The second-order valence-electron chi connectivity index (χ2n) is 4.99. The van der Waals surface area contributed by atoms with Crippen LogP contribution in [-0.4, -0.2) is 26.0 Å². The highest BCUT2D eigenvalue weighted by molar-refractivity contribution is 6.01. The SMILES string of the molecule is CCOc1ccccc1C(=O)CN(C)c1ccccc1C. The molecule has 0 unspecified atom stereocenters. The third-order valence-corrected chi connectivity index (χ3v) is 3.39. The normalized spacial score (nSPS) is 10.2. The van der Waals surface area contributed by atoms with Crippen LogP contribution in [0.3, 0.4) is 0 Å². The lowest BCUT2D eigenvalue weighted by Gasteiger charge is -2.21. The molecule has 3 heteroatoms. The predicted molar refractivity (Wildman–Crippen MR) is 86.4 cm³/mol. The Morgan fingerprint density at radius 3 is 2.48 bits per heavy atom. The molecule has 0 saturated heterocycles. The van der Waals surface area contributed by atoms with Gasteiger partial charge < -0.3 is 9.64 Å². The summed E-state index contributed by atoms with van der Waals surface area (Å²) in [5.41, 5.74) is 2.87. The van der Waals surface area contributed by atoms with Crippen LogP contribution in [0.15, 0.2) is 48.5 Å². The van der Waals surface area contributed by atoms with Crippen LogP contribution in [0.4, 0.5) is 5.69 Å². The lowest BCUT2D eigenvalue weighted by atomic mass is 10.1. The first-order chi connectivity index (χ1) is 10.1.